The van der Waals surface area contributed by atoms with Crippen molar-refractivity contribution in [1.82, 2.24) is 10.2 Å². The summed E-state index contributed by atoms with van der Waals surface area (Å²) in [6.45, 7) is 3.88. The first kappa shape index (κ1) is 11.0. The van der Waals surface area contributed by atoms with Gasteiger partial charge in [-0.1, -0.05) is 19.1 Å². The quantitative estimate of drug-likeness (QED) is 0.679. The van der Waals surface area contributed by atoms with Crippen LogP contribution in [0.3, 0.4) is 0 Å². The van der Waals surface area contributed by atoms with Crippen LogP contribution in [0, 0.1) is 5.92 Å². The van der Waals surface area contributed by atoms with Gasteiger partial charge in [0.15, 0.2) is 0 Å². The molecule has 15 heavy (non-hydrogen) atoms. The summed E-state index contributed by atoms with van der Waals surface area (Å²) >= 11 is 1.80. The van der Waals surface area contributed by atoms with Crippen LogP contribution >= 0.6 is 11.8 Å². The Kier molecular flexibility index (Phi) is 3.70. The van der Waals surface area contributed by atoms with Crippen molar-refractivity contribution in [3.8, 4) is 0 Å². The van der Waals surface area contributed by atoms with E-state index in [2.05, 4.69) is 24.4 Å². The molecule has 0 spiro atoms. The molecule has 0 aromatic rings. The number of thioether (sulfide) groups is 1. The van der Waals surface area contributed by atoms with Gasteiger partial charge < -0.3 is 4.90 Å². The predicted molar refractivity (Wildman–Crippen MR) is 63.7 cm³/mol. The van der Waals surface area contributed by atoms with E-state index < -0.39 is 0 Å². The molecule has 1 N–H and O–H groups in total. The summed E-state index contributed by atoms with van der Waals surface area (Å²) in [5.74, 6) is 2.72. The second-order valence-electron chi connectivity index (χ2n) is 4.25. The average Bonchev–Trinajstić information content (AvgIpc) is 2.67. The molecule has 0 aromatic heterocycles. The van der Waals surface area contributed by atoms with Crippen molar-refractivity contribution in [2.24, 2.45) is 5.92 Å². The van der Waals surface area contributed by atoms with Gasteiger partial charge in [-0.05, 0) is 12.3 Å². The van der Waals surface area contributed by atoms with Crippen LogP contribution in [-0.2, 0) is 4.79 Å². The van der Waals surface area contributed by atoms with Crippen LogP contribution in [0.15, 0.2) is 12.2 Å². The molecule has 1 unspecified atom stereocenters. The van der Waals surface area contributed by atoms with Crippen LogP contribution in [0.1, 0.15) is 13.3 Å². The molecule has 2 heterocycles. The van der Waals surface area contributed by atoms with E-state index in [1.807, 2.05) is 4.90 Å². The van der Waals surface area contributed by atoms with Crippen LogP contribution in [-0.4, -0.2) is 41.6 Å². The zero-order chi connectivity index (χ0) is 10.7. The number of hydrogen-bond acceptors (Lipinski definition) is 3. The van der Waals surface area contributed by atoms with Gasteiger partial charge in [-0.25, -0.2) is 0 Å². The molecule has 2 aliphatic rings. The van der Waals surface area contributed by atoms with Crippen molar-refractivity contribution in [2.45, 2.75) is 19.4 Å². The Hall–Kier alpha value is -0.480. The molecule has 2 atom stereocenters. The van der Waals surface area contributed by atoms with E-state index in [1.165, 1.54) is 0 Å². The third-order valence-corrected chi connectivity index (χ3v) is 3.91. The number of nitrogens with zero attached hydrogens (tertiary/aromatic N) is 1. The maximum Gasteiger partial charge on any atom is 0.240 e. The molecule has 2 aliphatic heterocycles. The summed E-state index contributed by atoms with van der Waals surface area (Å²) in [4.78, 5) is 14.1. The molecule has 1 saturated heterocycles. The maximum atomic E-state index is 12.1. The first-order chi connectivity index (χ1) is 7.27. The number of carbonyl (C=O) groups is 1. The van der Waals surface area contributed by atoms with Gasteiger partial charge in [0.05, 0.1) is 6.04 Å². The fourth-order valence-corrected chi connectivity index (χ4v) is 2.87. The van der Waals surface area contributed by atoms with Gasteiger partial charge in [-0.15, -0.1) is 11.8 Å². The Morgan fingerprint density at radius 3 is 3.20 bits per heavy atom. The lowest BCUT2D eigenvalue weighted by molar-refractivity contribution is -0.132. The van der Waals surface area contributed by atoms with Gasteiger partial charge in [0.25, 0.3) is 0 Å². The Bertz CT molecular complexity index is 261. The third kappa shape index (κ3) is 2.75. The van der Waals surface area contributed by atoms with Crippen LogP contribution in [0.2, 0.25) is 0 Å². The van der Waals surface area contributed by atoms with Crippen molar-refractivity contribution in [1.29, 1.82) is 0 Å². The highest BCUT2D eigenvalue weighted by Crippen LogP contribution is 2.15. The molecule has 0 bridgehead atoms. The Morgan fingerprint density at radius 1 is 1.60 bits per heavy atom. The fourth-order valence-electron chi connectivity index (χ4n) is 1.94. The van der Waals surface area contributed by atoms with Gasteiger partial charge in [-0.2, -0.15) is 0 Å². The van der Waals surface area contributed by atoms with E-state index in [0.717, 1.165) is 31.1 Å². The minimum atomic E-state index is 0.0526. The highest BCUT2D eigenvalue weighted by Gasteiger charge is 2.27. The van der Waals surface area contributed by atoms with Crippen molar-refractivity contribution in [3.63, 3.8) is 0 Å². The summed E-state index contributed by atoms with van der Waals surface area (Å²) in [5, 5.41) is 3.23. The Balaban J connectivity index is 1.92. The number of carbonyl (C=O) groups excluding carboxylic acids is 1. The third-order valence-electron chi connectivity index (χ3n) is 2.97. The van der Waals surface area contributed by atoms with E-state index in [9.17, 15) is 4.79 Å². The van der Waals surface area contributed by atoms with Gasteiger partial charge in [0.2, 0.25) is 5.91 Å². The summed E-state index contributed by atoms with van der Waals surface area (Å²) in [7, 11) is 0. The Morgan fingerprint density at radius 2 is 2.47 bits per heavy atom. The summed E-state index contributed by atoms with van der Waals surface area (Å²) in [6, 6.07) is 0.0526. The van der Waals surface area contributed by atoms with E-state index in [-0.39, 0.29) is 11.9 Å². The zero-order valence-corrected chi connectivity index (χ0v) is 9.93. The summed E-state index contributed by atoms with van der Waals surface area (Å²) in [5.41, 5.74) is 0. The molecule has 84 valence electrons. The number of allylic oxidation sites excluding steroid dienone is 1. The topological polar surface area (TPSA) is 32.3 Å². The molecule has 2 rings (SSSR count). The molecule has 4 heteroatoms. The highest BCUT2D eigenvalue weighted by atomic mass is 32.2. The monoisotopic (exact) mass is 226 g/mol. The molecule has 1 amide bonds. The first-order valence-electron chi connectivity index (χ1n) is 5.54. The van der Waals surface area contributed by atoms with Crippen molar-refractivity contribution >= 4 is 17.7 Å². The highest BCUT2D eigenvalue weighted by molar-refractivity contribution is 7.99. The first-order valence-corrected chi connectivity index (χ1v) is 6.69. The fraction of sp³-hybridized carbons (Fsp3) is 0.727. The molecular formula is C11H18N2OS. The van der Waals surface area contributed by atoms with Crippen molar-refractivity contribution in [2.75, 3.05) is 24.7 Å². The molecule has 0 saturated carbocycles. The standard InChI is InChI=1S/C11H18N2OS/c1-9-3-2-5-13(6-4-9)11(14)10-7-15-8-12-10/h2-3,9-10,12H,4-8H2,1H3/t9-,10?/m1/s1. The van der Waals surface area contributed by atoms with Crippen LogP contribution in [0.4, 0.5) is 0 Å². The second kappa shape index (κ2) is 5.03. The van der Waals surface area contributed by atoms with E-state index in [1.54, 1.807) is 11.8 Å². The summed E-state index contributed by atoms with van der Waals surface area (Å²) in [6.07, 6.45) is 5.42. The minimum Gasteiger partial charge on any atom is -0.338 e. The predicted octanol–water partition coefficient (Wildman–Crippen LogP) is 1.07. The summed E-state index contributed by atoms with van der Waals surface area (Å²) < 4.78 is 0. The van der Waals surface area contributed by atoms with Crippen molar-refractivity contribution in [3.05, 3.63) is 12.2 Å². The van der Waals surface area contributed by atoms with Crippen LogP contribution in [0.5, 0.6) is 0 Å². The van der Waals surface area contributed by atoms with Gasteiger partial charge in [0.1, 0.15) is 0 Å². The van der Waals surface area contributed by atoms with Crippen LogP contribution in [0.25, 0.3) is 0 Å². The molecule has 0 aromatic carbocycles. The number of rotatable bonds is 1. The number of amides is 1. The van der Waals surface area contributed by atoms with Gasteiger partial charge in [0, 0.05) is 24.7 Å². The van der Waals surface area contributed by atoms with Crippen molar-refractivity contribution < 1.29 is 4.79 Å². The van der Waals surface area contributed by atoms with E-state index in [4.69, 9.17) is 0 Å². The van der Waals surface area contributed by atoms with Gasteiger partial charge in [-0.3, -0.25) is 10.1 Å². The van der Waals surface area contributed by atoms with Gasteiger partial charge >= 0.3 is 0 Å². The number of hydrogen-bond donors (Lipinski definition) is 1. The molecule has 0 aliphatic carbocycles. The lowest BCUT2D eigenvalue weighted by Crippen LogP contribution is -2.45. The Labute approximate surface area is 95.3 Å². The lowest BCUT2D eigenvalue weighted by atomic mass is 10.1. The maximum absolute atomic E-state index is 12.1. The average molecular weight is 226 g/mol. The second-order valence-corrected chi connectivity index (χ2v) is 5.28. The zero-order valence-electron chi connectivity index (χ0n) is 9.11. The molecule has 1 fully saturated rings. The molecule has 0 radical (unpaired) electrons. The lowest BCUT2D eigenvalue weighted by Gasteiger charge is -2.23. The SMILES string of the molecule is C[C@@H]1C=CCN(C(=O)C2CSCN2)CC1. The largest absolute Gasteiger partial charge is 0.338 e. The van der Waals surface area contributed by atoms with Crippen LogP contribution < -0.4 is 5.32 Å². The molecule has 3 nitrogen and oxygen atoms in total. The minimum absolute atomic E-state index is 0.0526. The van der Waals surface area contributed by atoms with E-state index >= 15 is 0 Å². The smallest absolute Gasteiger partial charge is 0.240 e. The van der Waals surface area contributed by atoms with E-state index in [0.29, 0.717) is 5.92 Å². The molecular weight excluding hydrogens is 208 g/mol. The normalized spacial score (nSPS) is 31.7. The number of nitrogens with one attached hydrogen (secondary N) is 1.